The molecular weight excluding hydrogens is 160 g/mol. The van der Waals surface area contributed by atoms with Crippen molar-refractivity contribution in [3.05, 3.63) is 16.2 Å². The van der Waals surface area contributed by atoms with Crippen molar-refractivity contribution in [1.29, 1.82) is 5.26 Å². The van der Waals surface area contributed by atoms with Gasteiger partial charge in [-0.15, -0.1) is 0 Å². The zero-order valence-electron chi connectivity index (χ0n) is 6.16. The van der Waals surface area contributed by atoms with E-state index in [2.05, 4.69) is 9.97 Å². The summed E-state index contributed by atoms with van der Waals surface area (Å²) in [5.74, 6) is -0.303. The Balaban J connectivity index is 2.95. The number of aromatic nitrogens is 2. The van der Waals surface area contributed by atoms with E-state index in [0.29, 0.717) is 0 Å². The van der Waals surface area contributed by atoms with Crippen LogP contribution in [0.5, 0.6) is 5.88 Å². The van der Waals surface area contributed by atoms with E-state index in [1.807, 2.05) is 6.07 Å². The van der Waals surface area contributed by atoms with E-state index in [-0.39, 0.29) is 18.0 Å². The molecule has 1 aromatic heterocycles. The highest BCUT2D eigenvalue weighted by Crippen LogP contribution is 2.17. The maximum Gasteiger partial charge on any atom is 0.326 e. The Labute approximate surface area is 67.6 Å². The van der Waals surface area contributed by atoms with Gasteiger partial charge in [0.2, 0.25) is 5.88 Å². The van der Waals surface area contributed by atoms with Crippen LogP contribution < -0.4 is 11.4 Å². The number of H-pyrrole nitrogens is 2. The van der Waals surface area contributed by atoms with Gasteiger partial charge in [-0.2, -0.15) is 5.26 Å². The Morgan fingerprint density at radius 2 is 2.33 bits per heavy atom. The van der Waals surface area contributed by atoms with Gasteiger partial charge in [-0.05, 0) is 0 Å². The lowest BCUT2D eigenvalue weighted by molar-refractivity contribution is 0.442. The first-order valence-electron chi connectivity index (χ1n) is 3.29. The molecule has 0 aromatic carbocycles. The predicted molar refractivity (Wildman–Crippen MR) is 40.2 cm³/mol. The fourth-order valence-electron chi connectivity index (χ4n) is 0.856. The van der Waals surface area contributed by atoms with Crippen molar-refractivity contribution in [3.8, 4) is 11.9 Å². The smallest absolute Gasteiger partial charge is 0.326 e. The highest BCUT2D eigenvalue weighted by Gasteiger charge is 2.13. The number of nitrogens with zero attached hydrogens (tertiary/aromatic N) is 1. The van der Waals surface area contributed by atoms with Crippen LogP contribution in [0.25, 0.3) is 0 Å². The van der Waals surface area contributed by atoms with Crippen LogP contribution in [0.2, 0.25) is 0 Å². The molecule has 0 saturated heterocycles. The van der Waals surface area contributed by atoms with Gasteiger partial charge in [-0.3, -0.25) is 4.98 Å². The SMILES string of the molecule is N#CCC(N)c1[nH]c(=O)[nH]c1O. The van der Waals surface area contributed by atoms with Crippen molar-refractivity contribution in [2.24, 2.45) is 5.73 Å². The maximum absolute atomic E-state index is 10.6. The van der Waals surface area contributed by atoms with Gasteiger partial charge < -0.3 is 15.8 Å². The Hall–Kier alpha value is -1.74. The molecule has 0 fully saturated rings. The van der Waals surface area contributed by atoms with E-state index < -0.39 is 11.7 Å². The second-order valence-electron chi connectivity index (χ2n) is 2.31. The molecule has 6 nitrogen and oxygen atoms in total. The summed E-state index contributed by atoms with van der Waals surface area (Å²) in [6.07, 6.45) is 0.0430. The molecule has 0 aliphatic heterocycles. The van der Waals surface area contributed by atoms with E-state index in [1.165, 1.54) is 0 Å². The molecule has 1 heterocycles. The van der Waals surface area contributed by atoms with E-state index in [9.17, 15) is 4.79 Å². The Bertz CT molecular complexity index is 358. The summed E-state index contributed by atoms with van der Waals surface area (Å²) in [5.41, 5.74) is 5.08. The number of hydrogen-bond acceptors (Lipinski definition) is 4. The zero-order chi connectivity index (χ0) is 9.14. The van der Waals surface area contributed by atoms with Crippen LogP contribution in [0.1, 0.15) is 18.2 Å². The minimum absolute atomic E-state index is 0.0430. The lowest BCUT2D eigenvalue weighted by Crippen LogP contribution is -2.11. The highest BCUT2D eigenvalue weighted by molar-refractivity contribution is 5.20. The van der Waals surface area contributed by atoms with E-state index in [1.54, 1.807) is 0 Å². The molecule has 0 radical (unpaired) electrons. The third-order valence-electron chi connectivity index (χ3n) is 1.42. The van der Waals surface area contributed by atoms with Crippen LogP contribution in [-0.4, -0.2) is 15.1 Å². The highest BCUT2D eigenvalue weighted by atomic mass is 16.3. The van der Waals surface area contributed by atoms with Gasteiger partial charge in [0.05, 0.1) is 24.2 Å². The fourth-order valence-corrected chi connectivity index (χ4v) is 0.856. The van der Waals surface area contributed by atoms with E-state index in [4.69, 9.17) is 16.1 Å². The van der Waals surface area contributed by atoms with Crippen molar-refractivity contribution in [2.45, 2.75) is 12.5 Å². The molecule has 0 amide bonds. The average molecular weight is 168 g/mol. The number of nitrogens with two attached hydrogens (primary N) is 1. The first-order chi connectivity index (χ1) is 5.65. The van der Waals surface area contributed by atoms with Crippen molar-refractivity contribution in [1.82, 2.24) is 9.97 Å². The number of nitrogens with one attached hydrogen (secondary N) is 2. The minimum Gasteiger partial charge on any atom is -0.493 e. The van der Waals surface area contributed by atoms with Gasteiger partial charge in [0.1, 0.15) is 0 Å². The van der Waals surface area contributed by atoms with Crippen LogP contribution in [0, 0.1) is 11.3 Å². The topological polar surface area (TPSA) is 119 Å². The molecule has 0 aliphatic carbocycles. The molecule has 1 unspecified atom stereocenters. The predicted octanol–water partition coefficient (Wildman–Crippen LogP) is -0.678. The molecule has 1 aromatic rings. The summed E-state index contributed by atoms with van der Waals surface area (Å²) < 4.78 is 0. The summed E-state index contributed by atoms with van der Waals surface area (Å²) in [4.78, 5) is 15.0. The van der Waals surface area contributed by atoms with Crippen molar-refractivity contribution >= 4 is 0 Å². The monoisotopic (exact) mass is 168 g/mol. The molecule has 1 rings (SSSR count). The van der Waals surface area contributed by atoms with Crippen molar-refractivity contribution < 1.29 is 5.11 Å². The van der Waals surface area contributed by atoms with E-state index >= 15 is 0 Å². The quantitative estimate of drug-likeness (QED) is 0.467. The first kappa shape index (κ1) is 8.36. The third-order valence-corrected chi connectivity index (χ3v) is 1.42. The average Bonchev–Trinajstić information content (AvgIpc) is 2.30. The molecule has 0 aliphatic rings. The summed E-state index contributed by atoms with van der Waals surface area (Å²) in [5, 5.41) is 17.3. The summed E-state index contributed by atoms with van der Waals surface area (Å²) >= 11 is 0. The molecule has 64 valence electrons. The van der Waals surface area contributed by atoms with Crippen molar-refractivity contribution in [3.63, 3.8) is 0 Å². The summed E-state index contributed by atoms with van der Waals surface area (Å²) in [6, 6.07) is 1.17. The normalized spacial score (nSPS) is 12.3. The van der Waals surface area contributed by atoms with Crippen LogP contribution in [0.15, 0.2) is 4.79 Å². The molecule has 5 N–H and O–H groups in total. The minimum atomic E-state index is -0.658. The number of aromatic amines is 2. The lowest BCUT2D eigenvalue weighted by Gasteiger charge is -2.02. The first-order valence-corrected chi connectivity index (χ1v) is 3.29. The molecule has 0 saturated carbocycles. The summed E-state index contributed by atoms with van der Waals surface area (Å²) in [6.45, 7) is 0. The molecule has 0 bridgehead atoms. The number of hydrogen-bond donors (Lipinski definition) is 4. The summed E-state index contributed by atoms with van der Waals surface area (Å²) in [7, 11) is 0. The molecular formula is C6H8N4O2. The number of rotatable bonds is 2. The van der Waals surface area contributed by atoms with Crippen LogP contribution in [-0.2, 0) is 0 Å². The largest absolute Gasteiger partial charge is 0.493 e. The Morgan fingerprint density at radius 3 is 2.75 bits per heavy atom. The number of nitriles is 1. The second-order valence-corrected chi connectivity index (χ2v) is 2.31. The molecule has 12 heavy (non-hydrogen) atoms. The molecule has 0 spiro atoms. The standard InChI is InChI=1S/C6H8N4O2/c7-2-1-3(8)4-5(11)10-6(12)9-4/h3,11H,1,8H2,(H2,9,10,12). The molecule has 1 atom stereocenters. The van der Waals surface area contributed by atoms with Gasteiger partial charge >= 0.3 is 5.69 Å². The van der Waals surface area contributed by atoms with Crippen LogP contribution >= 0.6 is 0 Å². The Kier molecular flexibility index (Phi) is 2.16. The van der Waals surface area contributed by atoms with E-state index in [0.717, 1.165) is 0 Å². The van der Waals surface area contributed by atoms with Gasteiger partial charge in [-0.1, -0.05) is 0 Å². The third kappa shape index (κ3) is 1.46. The van der Waals surface area contributed by atoms with Crippen LogP contribution in [0.4, 0.5) is 0 Å². The zero-order valence-corrected chi connectivity index (χ0v) is 6.16. The van der Waals surface area contributed by atoms with Gasteiger partial charge in [0.25, 0.3) is 0 Å². The maximum atomic E-state index is 10.6. The lowest BCUT2D eigenvalue weighted by atomic mass is 10.2. The second kappa shape index (κ2) is 3.11. The number of imidazole rings is 1. The van der Waals surface area contributed by atoms with Gasteiger partial charge in [0.15, 0.2) is 0 Å². The van der Waals surface area contributed by atoms with Crippen molar-refractivity contribution in [2.75, 3.05) is 0 Å². The number of aromatic hydroxyl groups is 1. The van der Waals surface area contributed by atoms with Gasteiger partial charge in [-0.25, -0.2) is 4.79 Å². The fraction of sp³-hybridized carbons (Fsp3) is 0.333. The van der Waals surface area contributed by atoms with Gasteiger partial charge in [0, 0.05) is 0 Å². The van der Waals surface area contributed by atoms with Crippen LogP contribution in [0.3, 0.4) is 0 Å². The Morgan fingerprint density at radius 1 is 1.67 bits per heavy atom. The molecule has 6 heteroatoms.